The number of benzene rings is 2. The minimum absolute atomic E-state index is 0.102. The van der Waals surface area contributed by atoms with Crippen molar-refractivity contribution in [3.8, 4) is 5.75 Å². The van der Waals surface area contributed by atoms with Gasteiger partial charge in [-0.25, -0.2) is 4.79 Å². The van der Waals surface area contributed by atoms with Gasteiger partial charge in [-0.05, 0) is 81.1 Å². The zero-order valence-electron chi connectivity index (χ0n) is 18.5. The Morgan fingerprint density at radius 2 is 1.84 bits per heavy atom. The summed E-state index contributed by atoms with van der Waals surface area (Å²) < 4.78 is 6.85. The fraction of sp³-hybridized carbons (Fsp3) is 0.480. The lowest BCUT2D eigenvalue weighted by Crippen LogP contribution is -2.44. The quantitative estimate of drug-likeness (QED) is 0.550. The Bertz CT molecular complexity index is 884. The molecular weight excluding hydrogens is 454 g/mol. The third kappa shape index (κ3) is 5.24. The largest absolute Gasteiger partial charge is 0.494 e. The number of para-hydroxylation sites is 1. The molecule has 2 aliphatic heterocycles. The highest BCUT2D eigenvalue weighted by molar-refractivity contribution is 9.10. The van der Waals surface area contributed by atoms with E-state index in [9.17, 15) is 4.79 Å². The second-order valence-electron chi connectivity index (χ2n) is 8.63. The predicted octanol–water partition coefficient (Wildman–Crippen LogP) is 5.04. The topological polar surface area (TPSA) is 36.0 Å². The van der Waals surface area contributed by atoms with Crippen LogP contribution in [0.1, 0.15) is 25.3 Å². The van der Waals surface area contributed by atoms with Gasteiger partial charge >= 0.3 is 6.03 Å². The first-order chi connectivity index (χ1) is 15.0. The number of amides is 2. The maximum Gasteiger partial charge on any atom is 0.324 e. The molecule has 5 nitrogen and oxygen atoms in total. The number of nitrogens with zero attached hydrogens (tertiary/aromatic N) is 3. The molecule has 31 heavy (non-hydrogen) atoms. The molecule has 2 saturated heterocycles. The number of hydrogen-bond donors (Lipinski definition) is 0. The first-order valence-corrected chi connectivity index (χ1v) is 12.1. The van der Waals surface area contributed by atoms with Crippen molar-refractivity contribution in [3.05, 3.63) is 58.6 Å². The van der Waals surface area contributed by atoms with Crippen LogP contribution in [0.3, 0.4) is 0 Å². The van der Waals surface area contributed by atoms with E-state index in [0.717, 1.165) is 44.0 Å². The van der Waals surface area contributed by atoms with Gasteiger partial charge in [0.15, 0.2) is 0 Å². The molecule has 2 fully saturated rings. The molecule has 2 aromatic rings. The van der Waals surface area contributed by atoms with E-state index in [1.165, 1.54) is 22.9 Å². The number of rotatable bonds is 7. The summed E-state index contributed by atoms with van der Waals surface area (Å²) in [7, 11) is 1.94. The van der Waals surface area contributed by atoms with Gasteiger partial charge in [0.2, 0.25) is 0 Å². The normalized spacial score (nSPS) is 20.5. The number of hydrogen-bond acceptors (Lipinski definition) is 3. The van der Waals surface area contributed by atoms with Crippen LogP contribution < -0.4 is 9.64 Å². The maximum atomic E-state index is 12.7. The molecule has 0 saturated carbocycles. The van der Waals surface area contributed by atoms with Gasteiger partial charge in [0.25, 0.3) is 0 Å². The van der Waals surface area contributed by atoms with Crippen molar-refractivity contribution in [2.75, 3.05) is 44.7 Å². The minimum atomic E-state index is 0.102. The van der Waals surface area contributed by atoms with Crippen molar-refractivity contribution in [2.45, 2.75) is 32.2 Å². The van der Waals surface area contributed by atoms with Crippen molar-refractivity contribution >= 4 is 27.6 Å². The van der Waals surface area contributed by atoms with E-state index >= 15 is 0 Å². The number of urea groups is 1. The first-order valence-electron chi connectivity index (χ1n) is 11.3. The van der Waals surface area contributed by atoms with E-state index in [4.69, 9.17) is 4.74 Å². The highest BCUT2D eigenvalue weighted by Crippen LogP contribution is 2.30. The molecule has 166 valence electrons. The van der Waals surface area contributed by atoms with Crippen molar-refractivity contribution in [1.29, 1.82) is 0 Å². The van der Waals surface area contributed by atoms with Crippen molar-refractivity contribution in [2.24, 2.45) is 5.92 Å². The summed E-state index contributed by atoms with van der Waals surface area (Å²) >= 11 is 3.71. The minimum Gasteiger partial charge on any atom is -0.494 e. The average Bonchev–Trinajstić information content (AvgIpc) is 3.06. The zero-order chi connectivity index (χ0) is 21.8. The van der Waals surface area contributed by atoms with E-state index in [1.54, 1.807) is 0 Å². The number of halogens is 1. The Morgan fingerprint density at radius 3 is 2.55 bits per heavy atom. The van der Waals surface area contributed by atoms with Gasteiger partial charge in [-0.2, -0.15) is 0 Å². The van der Waals surface area contributed by atoms with Gasteiger partial charge in [-0.3, -0.25) is 4.90 Å². The van der Waals surface area contributed by atoms with E-state index < -0.39 is 0 Å². The van der Waals surface area contributed by atoms with Gasteiger partial charge in [0.1, 0.15) is 5.75 Å². The third-order valence-corrected chi connectivity index (χ3v) is 7.33. The van der Waals surface area contributed by atoms with Crippen LogP contribution in [0.25, 0.3) is 0 Å². The summed E-state index contributed by atoms with van der Waals surface area (Å²) in [6.07, 6.45) is 3.47. The monoisotopic (exact) mass is 485 g/mol. The number of piperidine rings is 1. The molecule has 1 atom stereocenters. The third-order valence-electron chi connectivity index (χ3n) is 6.55. The number of ether oxygens (including phenoxy) is 1. The second-order valence-corrected chi connectivity index (χ2v) is 9.48. The lowest BCUT2D eigenvalue weighted by atomic mass is 9.90. The van der Waals surface area contributed by atoms with Crippen LogP contribution >= 0.6 is 15.9 Å². The zero-order valence-corrected chi connectivity index (χ0v) is 20.1. The standard InChI is InChI=1S/C25H32BrN3O2/c1-3-31-23-9-10-24(26)20(16-23)15-19-11-13-28(14-12-19)17-22-18-29(25(30)27(22)2)21-7-5-4-6-8-21/h4-10,16,19,22H,3,11-15,17-18H2,1-2H3. The van der Waals surface area contributed by atoms with Crippen LogP contribution in [-0.2, 0) is 6.42 Å². The molecule has 2 amide bonds. The molecule has 4 rings (SSSR count). The number of anilines is 1. The molecule has 0 bridgehead atoms. The molecule has 2 aromatic carbocycles. The summed E-state index contributed by atoms with van der Waals surface area (Å²) in [5.74, 6) is 1.64. The van der Waals surface area contributed by atoms with Crippen LogP contribution in [0.5, 0.6) is 5.75 Å². The van der Waals surface area contributed by atoms with Crippen LogP contribution in [0, 0.1) is 5.92 Å². The predicted molar refractivity (Wildman–Crippen MR) is 129 cm³/mol. The Morgan fingerprint density at radius 1 is 1.10 bits per heavy atom. The number of carbonyl (C=O) groups excluding carboxylic acids is 1. The molecular formula is C25H32BrN3O2. The molecule has 0 radical (unpaired) electrons. The molecule has 6 heteroatoms. The lowest BCUT2D eigenvalue weighted by Gasteiger charge is -2.34. The molecule has 2 aliphatic rings. The molecule has 0 aliphatic carbocycles. The Balaban J connectivity index is 1.30. The Hall–Kier alpha value is -2.05. The van der Waals surface area contributed by atoms with Gasteiger partial charge in [-0.1, -0.05) is 34.1 Å². The van der Waals surface area contributed by atoms with Gasteiger partial charge in [-0.15, -0.1) is 0 Å². The van der Waals surface area contributed by atoms with E-state index in [-0.39, 0.29) is 12.1 Å². The molecule has 1 unspecified atom stereocenters. The number of likely N-dealkylation sites (tertiary alicyclic amines) is 1. The molecule has 0 spiro atoms. The number of carbonyl (C=O) groups is 1. The molecule has 2 heterocycles. The van der Waals surface area contributed by atoms with Gasteiger partial charge < -0.3 is 14.5 Å². The Kier molecular flexibility index (Phi) is 7.18. The smallest absolute Gasteiger partial charge is 0.324 e. The Labute approximate surface area is 194 Å². The van der Waals surface area contributed by atoms with Crippen molar-refractivity contribution in [1.82, 2.24) is 9.80 Å². The number of likely N-dealkylation sites (N-methyl/N-ethyl adjacent to an activating group) is 1. The highest BCUT2D eigenvalue weighted by Gasteiger charge is 2.36. The van der Waals surface area contributed by atoms with E-state index in [2.05, 4.69) is 33.0 Å². The second kappa shape index (κ2) is 10.0. The van der Waals surface area contributed by atoms with Gasteiger partial charge in [0.05, 0.1) is 12.6 Å². The summed E-state index contributed by atoms with van der Waals surface area (Å²) in [6, 6.07) is 16.6. The van der Waals surface area contributed by atoms with Crippen LogP contribution in [0.2, 0.25) is 0 Å². The molecule has 0 aromatic heterocycles. The van der Waals surface area contributed by atoms with Crippen LogP contribution in [0.4, 0.5) is 10.5 Å². The average molecular weight is 486 g/mol. The summed E-state index contributed by atoms with van der Waals surface area (Å²) in [5, 5.41) is 0. The lowest BCUT2D eigenvalue weighted by molar-refractivity contribution is 0.149. The molecule has 0 N–H and O–H groups in total. The van der Waals surface area contributed by atoms with E-state index in [1.807, 2.05) is 60.2 Å². The van der Waals surface area contributed by atoms with E-state index in [0.29, 0.717) is 12.5 Å². The van der Waals surface area contributed by atoms with Crippen molar-refractivity contribution < 1.29 is 9.53 Å². The fourth-order valence-electron chi connectivity index (χ4n) is 4.71. The van der Waals surface area contributed by atoms with Crippen molar-refractivity contribution in [3.63, 3.8) is 0 Å². The highest BCUT2D eigenvalue weighted by atomic mass is 79.9. The summed E-state index contributed by atoms with van der Waals surface area (Å²) in [5.41, 5.74) is 2.32. The first kappa shape index (κ1) is 22.2. The van der Waals surface area contributed by atoms with Crippen LogP contribution in [-0.4, -0.2) is 61.7 Å². The summed E-state index contributed by atoms with van der Waals surface area (Å²) in [4.78, 5) is 19.1. The fourth-order valence-corrected chi connectivity index (χ4v) is 5.12. The van der Waals surface area contributed by atoms with Gasteiger partial charge in [0, 0.05) is 30.3 Å². The SMILES string of the molecule is CCOc1ccc(Br)c(CC2CCN(CC3CN(c4ccccc4)C(=O)N3C)CC2)c1. The van der Waals surface area contributed by atoms with Crippen LogP contribution in [0.15, 0.2) is 53.0 Å². The summed E-state index contributed by atoms with van der Waals surface area (Å²) in [6.45, 7) is 6.61. The maximum absolute atomic E-state index is 12.7.